The number of aromatic nitrogens is 1. The Kier molecular flexibility index (Phi) is 2.77. The van der Waals surface area contributed by atoms with E-state index in [0.29, 0.717) is 6.04 Å². The Bertz CT molecular complexity index is 464. The number of nitrogens with zero attached hydrogens (tertiary/aromatic N) is 1. The molecule has 3 nitrogen and oxygen atoms in total. The van der Waals surface area contributed by atoms with Crippen LogP contribution < -0.4 is 11.1 Å². The number of thiazole rings is 1. The maximum Gasteiger partial charge on any atom is 0.183 e. The quantitative estimate of drug-likeness (QED) is 0.783. The monoisotopic (exact) mass is 221 g/mol. The Balaban J connectivity index is 2.30. The summed E-state index contributed by atoms with van der Waals surface area (Å²) in [6.07, 6.45) is 1.10. The zero-order valence-corrected chi connectivity index (χ0v) is 9.77. The maximum atomic E-state index is 5.72. The molecular weight excluding hydrogens is 206 g/mol. The van der Waals surface area contributed by atoms with Crippen LogP contribution in [0, 0.1) is 0 Å². The molecule has 0 amide bonds. The smallest absolute Gasteiger partial charge is 0.183 e. The van der Waals surface area contributed by atoms with Crippen LogP contribution in [0.5, 0.6) is 0 Å². The summed E-state index contributed by atoms with van der Waals surface area (Å²) in [5, 5.41) is 4.34. The van der Waals surface area contributed by atoms with Gasteiger partial charge in [-0.15, -0.1) is 0 Å². The lowest BCUT2D eigenvalue weighted by Gasteiger charge is -2.08. The van der Waals surface area contributed by atoms with E-state index in [1.165, 1.54) is 0 Å². The Hall–Kier alpha value is -1.29. The van der Waals surface area contributed by atoms with Crippen molar-refractivity contribution < 1.29 is 0 Å². The number of hydrogen-bond acceptors (Lipinski definition) is 4. The van der Waals surface area contributed by atoms with Gasteiger partial charge in [0, 0.05) is 11.7 Å². The van der Waals surface area contributed by atoms with E-state index in [2.05, 4.69) is 24.1 Å². The summed E-state index contributed by atoms with van der Waals surface area (Å²) in [5.74, 6) is 0. The van der Waals surface area contributed by atoms with Crippen molar-refractivity contribution in [2.45, 2.75) is 26.3 Å². The molecule has 2 rings (SSSR count). The van der Waals surface area contributed by atoms with Crippen molar-refractivity contribution >= 4 is 32.4 Å². The fraction of sp³-hybridized carbons (Fsp3) is 0.364. The van der Waals surface area contributed by atoms with Gasteiger partial charge in [-0.25, -0.2) is 4.98 Å². The average molecular weight is 221 g/mol. The molecule has 0 saturated carbocycles. The SMILES string of the molecule is CCC(C)Nc1nc2ccc(N)cc2s1. The summed E-state index contributed by atoms with van der Waals surface area (Å²) in [7, 11) is 0. The summed E-state index contributed by atoms with van der Waals surface area (Å²) >= 11 is 1.65. The largest absolute Gasteiger partial charge is 0.399 e. The van der Waals surface area contributed by atoms with Gasteiger partial charge in [0.1, 0.15) is 0 Å². The molecule has 3 N–H and O–H groups in total. The Morgan fingerprint density at radius 3 is 3.07 bits per heavy atom. The molecule has 80 valence electrons. The lowest BCUT2D eigenvalue weighted by atomic mass is 10.3. The van der Waals surface area contributed by atoms with E-state index in [-0.39, 0.29) is 0 Å². The van der Waals surface area contributed by atoms with E-state index in [4.69, 9.17) is 5.73 Å². The Morgan fingerprint density at radius 1 is 1.53 bits per heavy atom. The van der Waals surface area contributed by atoms with E-state index < -0.39 is 0 Å². The lowest BCUT2D eigenvalue weighted by molar-refractivity contribution is 0.763. The highest BCUT2D eigenvalue weighted by Crippen LogP contribution is 2.27. The highest BCUT2D eigenvalue weighted by molar-refractivity contribution is 7.22. The van der Waals surface area contributed by atoms with Crippen LogP contribution in [0.2, 0.25) is 0 Å². The Morgan fingerprint density at radius 2 is 2.33 bits per heavy atom. The van der Waals surface area contributed by atoms with Gasteiger partial charge in [0.2, 0.25) is 0 Å². The molecule has 1 aromatic heterocycles. The van der Waals surface area contributed by atoms with Crippen LogP contribution in [0.4, 0.5) is 10.8 Å². The molecule has 0 bridgehead atoms. The second kappa shape index (κ2) is 4.06. The van der Waals surface area contributed by atoms with Crippen molar-refractivity contribution in [3.05, 3.63) is 18.2 Å². The number of benzene rings is 1. The summed E-state index contributed by atoms with van der Waals surface area (Å²) < 4.78 is 1.14. The van der Waals surface area contributed by atoms with Gasteiger partial charge in [-0.3, -0.25) is 0 Å². The van der Waals surface area contributed by atoms with Gasteiger partial charge in [0.25, 0.3) is 0 Å². The summed E-state index contributed by atoms with van der Waals surface area (Å²) in [6, 6.07) is 6.27. The van der Waals surface area contributed by atoms with Crippen LogP contribution in [0.3, 0.4) is 0 Å². The molecular formula is C11H15N3S. The lowest BCUT2D eigenvalue weighted by Crippen LogP contribution is -2.12. The van der Waals surface area contributed by atoms with Crippen molar-refractivity contribution in [3.8, 4) is 0 Å². The third-order valence-electron chi connectivity index (χ3n) is 2.39. The van der Waals surface area contributed by atoms with Gasteiger partial charge in [0.05, 0.1) is 10.2 Å². The highest BCUT2D eigenvalue weighted by Gasteiger charge is 2.05. The second-order valence-corrected chi connectivity index (χ2v) is 4.73. The molecule has 1 unspecified atom stereocenters. The van der Waals surface area contributed by atoms with E-state index >= 15 is 0 Å². The molecule has 0 saturated heterocycles. The molecule has 0 fully saturated rings. The first kappa shape index (κ1) is 10.2. The minimum atomic E-state index is 0.461. The van der Waals surface area contributed by atoms with Gasteiger partial charge >= 0.3 is 0 Å². The molecule has 0 aliphatic heterocycles. The summed E-state index contributed by atoms with van der Waals surface area (Å²) in [4.78, 5) is 4.49. The number of rotatable bonds is 3. The van der Waals surface area contributed by atoms with E-state index in [0.717, 1.165) is 27.5 Å². The Labute approximate surface area is 93.3 Å². The van der Waals surface area contributed by atoms with E-state index in [1.807, 2.05) is 18.2 Å². The predicted octanol–water partition coefficient (Wildman–Crippen LogP) is 3.09. The molecule has 0 aliphatic rings. The number of hydrogen-bond donors (Lipinski definition) is 2. The second-order valence-electron chi connectivity index (χ2n) is 3.70. The van der Waals surface area contributed by atoms with Crippen LogP contribution >= 0.6 is 11.3 Å². The molecule has 1 atom stereocenters. The fourth-order valence-electron chi connectivity index (χ4n) is 1.32. The molecule has 0 aliphatic carbocycles. The number of nitrogen functional groups attached to an aromatic ring is 1. The summed E-state index contributed by atoms with van der Waals surface area (Å²) in [6.45, 7) is 4.31. The first-order valence-electron chi connectivity index (χ1n) is 5.11. The molecule has 2 aromatic rings. The van der Waals surface area contributed by atoms with E-state index in [9.17, 15) is 0 Å². The average Bonchev–Trinajstić information content (AvgIpc) is 2.59. The minimum Gasteiger partial charge on any atom is -0.399 e. The van der Waals surface area contributed by atoms with Crippen molar-refractivity contribution in [2.75, 3.05) is 11.1 Å². The number of nitrogens with one attached hydrogen (secondary N) is 1. The molecule has 4 heteroatoms. The third kappa shape index (κ3) is 2.21. The first-order chi connectivity index (χ1) is 7.19. The molecule has 0 radical (unpaired) electrons. The van der Waals surface area contributed by atoms with Crippen LogP contribution in [-0.2, 0) is 0 Å². The molecule has 1 aromatic carbocycles. The molecule has 1 heterocycles. The van der Waals surface area contributed by atoms with Gasteiger partial charge in [-0.2, -0.15) is 0 Å². The standard InChI is InChI=1S/C11H15N3S/c1-3-7(2)13-11-14-9-5-4-8(12)6-10(9)15-11/h4-7H,3,12H2,1-2H3,(H,13,14). The highest BCUT2D eigenvalue weighted by atomic mass is 32.1. The summed E-state index contributed by atoms with van der Waals surface area (Å²) in [5.41, 5.74) is 7.53. The van der Waals surface area contributed by atoms with Crippen molar-refractivity contribution in [1.29, 1.82) is 0 Å². The fourth-order valence-corrected chi connectivity index (χ4v) is 2.34. The zero-order valence-electron chi connectivity index (χ0n) is 8.95. The number of nitrogens with two attached hydrogens (primary N) is 1. The van der Waals surface area contributed by atoms with Crippen molar-refractivity contribution in [3.63, 3.8) is 0 Å². The van der Waals surface area contributed by atoms with Crippen LogP contribution in [0.1, 0.15) is 20.3 Å². The number of fused-ring (bicyclic) bond motifs is 1. The van der Waals surface area contributed by atoms with Crippen molar-refractivity contribution in [2.24, 2.45) is 0 Å². The zero-order chi connectivity index (χ0) is 10.8. The molecule has 15 heavy (non-hydrogen) atoms. The molecule has 0 spiro atoms. The maximum absolute atomic E-state index is 5.72. The number of anilines is 2. The van der Waals surface area contributed by atoms with Gasteiger partial charge in [0.15, 0.2) is 5.13 Å². The van der Waals surface area contributed by atoms with Crippen LogP contribution in [0.15, 0.2) is 18.2 Å². The van der Waals surface area contributed by atoms with Gasteiger partial charge in [-0.1, -0.05) is 18.3 Å². The van der Waals surface area contributed by atoms with Gasteiger partial charge < -0.3 is 11.1 Å². The van der Waals surface area contributed by atoms with Crippen LogP contribution in [0.25, 0.3) is 10.2 Å². The topological polar surface area (TPSA) is 50.9 Å². The normalized spacial score (nSPS) is 12.9. The minimum absolute atomic E-state index is 0.461. The predicted molar refractivity (Wildman–Crippen MR) is 67.4 cm³/mol. The van der Waals surface area contributed by atoms with Gasteiger partial charge in [-0.05, 0) is 31.5 Å². The van der Waals surface area contributed by atoms with E-state index in [1.54, 1.807) is 11.3 Å². The first-order valence-corrected chi connectivity index (χ1v) is 5.93. The van der Waals surface area contributed by atoms with Crippen LogP contribution in [-0.4, -0.2) is 11.0 Å². The third-order valence-corrected chi connectivity index (χ3v) is 3.34. The van der Waals surface area contributed by atoms with Crippen molar-refractivity contribution in [1.82, 2.24) is 4.98 Å².